The van der Waals surface area contributed by atoms with Crippen molar-refractivity contribution >= 4 is 27.9 Å². The minimum absolute atomic E-state index is 0.0745. The summed E-state index contributed by atoms with van der Waals surface area (Å²) in [5, 5.41) is 0. The van der Waals surface area contributed by atoms with Gasteiger partial charge in [0.15, 0.2) is 6.61 Å². The topological polar surface area (TPSA) is 94.9 Å². The number of carbonyl (C=O) groups is 2. The number of esters is 1. The Morgan fingerprint density at radius 1 is 1.12 bits per heavy atom. The highest BCUT2D eigenvalue weighted by Gasteiger charge is 2.21. The Morgan fingerprint density at radius 2 is 1.74 bits per heavy atom. The molecule has 1 unspecified atom stereocenters. The van der Waals surface area contributed by atoms with Gasteiger partial charge in [-0.05, 0) is 50.6 Å². The lowest BCUT2D eigenvalue weighted by molar-refractivity contribution is -0.136. The highest BCUT2D eigenvalue weighted by atomic mass is 32.2. The molecule has 0 amide bonds. The lowest BCUT2D eigenvalue weighted by Gasteiger charge is -2.18. The van der Waals surface area contributed by atoms with Crippen molar-refractivity contribution in [3.63, 3.8) is 0 Å². The first-order valence-corrected chi connectivity index (χ1v) is 12.7. The lowest BCUT2D eigenvalue weighted by Crippen LogP contribution is -2.30. The van der Waals surface area contributed by atoms with Crippen LogP contribution in [0, 0.1) is 13.8 Å². The molecule has 0 aliphatic rings. The zero-order chi connectivity index (χ0) is 25.5. The van der Waals surface area contributed by atoms with E-state index in [1.807, 2.05) is 25.3 Å². The summed E-state index contributed by atoms with van der Waals surface area (Å²) in [6, 6.07) is 8.10. The van der Waals surface area contributed by atoms with Gasteiger partial charge in [-0.1, -0.05) is 26.0 Å². The lowest BCUT2D eigenvalue weighted by atomic mass is 10.1. The number of ether oxygens (including phenoxy) is 2. The fourth-order valence-corrected chi connectivity index (χ4v) is 5.40. The number of hydrogen-bond donors (Lipinski definition) is 0. The molecule has 0 bridgehead atoms. The van der Waals surface area contributed by atoms with E-state index in [2.05, 4.69) is 0 Å². The van der Waals surface area contributed by atoms with Crippen LogP contribution in [-0.2, 0) is 24.3 Å². The van der Waals surface area contributed by atoms with E-state index in [4.69, 9.17) is 9.47 Å². The molecule has 8 nitrogen and oxygen atoms in total. The molecule has 2 rings (SSSR count). The summed E-state index contributed by atoms with van der Waals surface area (Å²) < 4.78 is 38.8. The maximum Gasteiger partial charge on any atom is 0.331 e. The summed E-state index contributed by atoms with van der Waals surface area (Å²) in [7, 11) is -1.90. The van der Waals surface area contributed by atoms with Crippen LogP contribution >= 0.6 is 0 Å². The van der Waals surface area contributed by atoms with E-state index in [1.54, 1.807) is 39.2 Å². The standard InChI is InChI=1S/C25H34N2O6S/c1-7-26(8-2)34(30,31)22-12-9-21(10-13-22)11-14-25(29)33-17-24(28)23-15-18(3)27(20(23)5)19(4)16-32-6/h9-15,19H,7-8,16-17H2,1-6H3/b14-11+. The van der Waals surface area contributed by atoms with Gasteiger partial charge >= 0.3 is 5.97 Å². The third kappa shape index (κ3) is 6.43. The van der Waals surface area contributed by atoms with Crippen LogP contribution in [0.15, 0.2) is 41.3 Å². The highest BCUT2D eigenvalue weighted by Crippen LogP contribution is 2.21. The Kier molecular flexibility index (Phi) is 9.78. The number of benzene rings is 1. The quantitative estimate of drug-likeness (QED) is 0.255. The Balaban J connectivity index is 2.00. The predicted molar refractivity (Wildman–Crippen MR) is 131 cm³/mol. The number of rotatable bonds is 12. The zero-order valence-corrected chi connectivity index (χ0v) is 21.5. The Bertz CT molecular complexity index is 1130. The maximum absolute atomic E-state index is 12.6. The number of sulfonamides is 1. The second-order valence-electron chi connectivity index (χ2n) is 7.98. The summed E-state index contributed by atoms with van der Waals surface area (Å²) in [6.45, 7) is 10.3. The van der Waals surface area contributed by atoms with Crippen LogP contribution in [0.25, 0.3) is 6.08 Å². The molecular weight excluding hydrogens is 456 g/mol. The number of carbonyl (C=O) groups excluding carboxylic acids is 2. The van der Waals surface area contributed by atoms with Crippen molar-refractivity contribution in [3.05, 3.63) is 58.9 Å². The molecule has 9 heteroatoms. The van der Waals surface area contributed by atoms with Crippen molar-refractivity contribution < 1.29 is 27.5 Å². The number of methoxy groups -OCH3 is 1. The average molecular weight is 491 g/mol. The van der Waals surface area contributed by atoms with E-state index in [-0.39, 0.29) is 23.3 Å². The average Bonchev–Trinajstić information content (AvgIpc) is 3.11. The molecule has 0 radical (unpaired) electrons. The molecule has 1 atom stereocenters. The molecule has 1 heterocycles. The fraction of sp³-hybridized carbons (Fsp3) is 0.440. The van der Waals surface area contributed by atoms with Crippen LogP contribution in [0.4, 0.5) is 0 Å². The van der Waals surface area contributed by atoms with Crippen molar-refractivity contribution in [1.82, 2.24) is 8.87 Å². The molecule has 2 aromatic rings. The minimum atomic E-state index is -3.54. The second-order valence-corrected chi connectivity index (χ2v) is 9.92. The molecule has 1 aromatic heterocycles. The summed E-state index contributed by atoms with van der Waals surface area (Å²) in [4.78, 5) is 24.9. The number of aryl methyl sites for hydroxylation is 1. The largest absolute Gasteiger partial charge is 0.454 e. The summed E-state index contributed by atoms with van der Waals surface area (Å²) >= 11 is 0. The Labute approximate surface area is 202 Å². The van der Waals surface area contributed by atoms with Gasteiger partial charge in [-0.25, -0.2) is 13.2 Å². The predicted octanol–water partition coefficient (Wildman–Crippen LogP) is 3.78. The second kappa shape index (κ2) is 12.1. The first kappa shape index (κ1) is 27.5. The number of Topliss-reactive ketones (excluding diaryl/α,β-unsaturated/α-hetero) is 1. The Hall–Kier alpha value is -2.75. The molecular formula is C25H34N2O6S. The van der Waals surface area contributed by atoms with Crippen LogP contribution < -0.4 is 0 Å². The molecule has 0 saturated carbocycles. The molecule has 1 aromatic carbocycles. The van der Waals surface area contributed by atoms with Crippen LogP contribution in [0.5, 0.6) is 0 Å². The van der Waals surface area contributed by atoms with Gasteiger partial charge in [0.2, 0.25) is 15.8 Å². The van der Waals surface area contributed by atoms with Crippen molar-refractivity contribution in [2.75, 3.05) is 33.4 Å². The summed E-state index contributed by atoms with van der Waals surface area (Å²) in [5.41, 5.74) is 2.89. The van der Waals surface area contributed by atoms with Crippen molar-refractivity contribution in [1.29, 1.82) is 0 Å². The molecule has 34 heavy (non-hydrogen) atoms. The molecule has 0 spiro atoms. The van der Waals surface area contributed by atoms with E-state index in [0.717, 1.165) is 11.4 Å². The summed E-state index contributed by atoms with van der Waals surface area (Å²) in [5.74, 6) is -0.938. The van der Waals surface area contributed by atoms with Crippen LogP contribution in [-0.4, -0.2) is 62.5 Å². The molecule has 0 aliphatic heterocycles. The number of nitrogens with zero attached hydrogens (tertiary/aromatic N) is 2. The zero-order valence-electron chi connectivity index (χ0n) is 20.7. The molecule has 0 fully saturated rings. The van der Waals surface area contributed by atoms with Gasteiger partial charge in [0, 0.05) is 43.2 Å². The third-order valence-electron chi connectivity index (χ3n) is 5.61. The number of ketones is 1. The molecule has 186 valence electrons. The summed E-state index contributed by atoms with van der Waals surface area (Å²) in [6.07, 6.45) is 2.73. The first-order valence-electron chi connectivity index (χ1n) is 11.2. The van der Waals surface area contributed by atoms with Gasteiger partial charge in [0.1, 0.15) is 0 Å². The van der Waals surface area contributed by atoms with Crippen LogP contribution in [0.2, 0.25) is 0 Å². The third-order valence-corrected chi connectivity index (χ3v) is 7.68. The fourth-order valence-electron chi connectivity index (χ4n) is 3.94. The van der Waals surface area contributed by atoms with Crippen molar-refractivity contribution in [2.45, 2.75) is 45.6 Å². The van der Waals surface area contributed by atoms with Gasteiger partial charge in [0.25, 0.3) is 0 Å². The van der Waals surface area contributed by atoms with Gasteiger partial charge in [0.05, 0.1) is 17.5 Å². The van der Waals surface area contributed by atoms with Crippen LogP contribution in [0.3, 0.4) is 0 Å². The van der Waals surface area contributed by atoms with Crippen molar-refractivity contribution in [2.24, 2.45) is 0 Å². The molecule has 0 aliphatic carbocycles. The van der Waals surface area contributed by atoms with Gasteiger partial charge in [-0.2, -0.15) is 4.31 Å². The number of hydrogen-bond acceptors (Lipinski definition) is 6. The van der Waals surface area contributed by atoms with Gasteiger partial charge in [-0.15, -0.1) is 0 Å². The molecule has 0 saturated heterocycles. The first-order chi connectivity index (χ1) is 16.1. The van der Waals surface area contributed by atoms with E-state index >= 15 is 0 Å². The SMILES string of the molecule is CCN(CC)S(=O)(=O)c1ccc(/C=C/C(=O)OCC(=O)c2cc(C)n(C(C)COC)c2C)cc1. The number of aromatic nitrogens is 1. The highest BCUT2D eigenvalue weighted by molar-refractivity contribution is 7.89. The normalized spacial score (nSPS) is 12.9. The maximum atomic E-state index is 12.6. The van der Waals surface area contributed by atoms with Gasteiger partial charge in [-0.3, -0.25) is 4.79 Å². The van der Waals surface area contributed by atoms with E-state index in [0.29, 0.717) is 30.8 Å². The van der Waals surface area contributed by atoms with Crippen LogP contribution in [0.1, 0.15) is 54.1 Å². The van der Waals surface area contributed by atoms with Gasteiger partial charge < -0.3 is 14.0 Å². The van der Waals surface area contributed by atoms with E-state index in [1.165, 1.54) is 28.6 Å². The minimum Gasteiger partial charge on any atom is -0.454 e. The van der Waals surface area contributed by atoms with E-state index < -0.39 is 16.0 Å². The van der Waals surface area contributed by atoms with Crippen molar-refractivity contribution in [3.8, 4) is 0 Å². The monoisotopic (exact) mass is 490 g/mol. The van der Waals surface area contributed by atoms with E-state index in [9.17, 15) is 18.0 Å². The Morgan fingerprint density at radius 3 is 2.29 bits per heavy atom. The molecule has 0 N–H and O–H groups in total. The smallest absolute Gasteiger partial charge is 0.331 e.